The minimum atomic E-state index is 0.676. The lowest BCUT2D eigenvalue weighted by molar-refractivity contribution is 1.47. The number of benzene rings is 6. The predicted molar refractivity (Wildman–Crippen MR) is 158 cm³/mol. The van der Waals surface area contributed by atoms with Crippen molar-refractivity contribution in [2.24, 2.45) is 0 Å². The van der Waals surface area contributed by atoms with Crippen LogP contribution in [0.5, 0.6) is 0 Å². The van der Waals surface area contributed by atoms with E-state index >= 15 is 0 Å². The van der Waals surface area contributed by atoms with Crippen molar-refractivity contribution in [3.63, 3.8) is 0 Å². The third-order valence-electron chi connectivity index (χ3n) is 6.96. The second-order valence-corrected chi connectivity index (χ2v) is 9.34. The van der Waals surface area contributed by atoms with Crippen LogP contribution in [0.3, 0.4) is 0 Å². The Morgan fingerprint density at radius 2 is 0.684 bits per heavy atom. The summed E-state index contributed by atoms with van der Waals surface area (Å²) < 4.78 is 0. The van der Waals surface area contributed by atoms with Gasteiger partial charge in [0.25, 0.3) is 0 Å². The van der Waals surface area contributed by atoms with E-state index in [1.807, 2.05) is 36.4 Å². The van der Waals surface area contributed by atoms with E-state index in [9.17, 15) is 5.26 Å². The van der Waals surface area contributed by atoms with Gasteiger partial charge < -0.3 is 0 Å². The fourth-order valence-corrected chi connectivity index (χ4v) is 4.90. The molecule has 6 aromatic rings. The summed E-state index contributed by atoms with van der Waals surface area (Å²) in [5.74, 6) is 0. The summed E-state index contributed by atoms with van der Waals surface area (Å²) in [5, 5.41) is 9.79. The minimum absolute atomic E-state index is 0.676. The Kier molecular flexibility index (Phi) is 6.37. The van der Waals surface area contributed by atoms with Gasteiger partial charge in [0.05, 0.1) is 11.6 Å². The Morgan fingerprint density at radius 1 is 0.316 bits per heavy atom. The van der Waals surface area contributed by atoms with E-state index in [4.69, 9.17) is 0 Å². The molecule has 6 aromatic carbocycles. The first-order valence-electron chi connectivity index (χ1n) is 12.7. The first kappa shape index (κ1) is 23.2. The van der Waals surface area contributed by atoms with Crippen molar-refractivity contribution in [1.82, 2.24) is 0 Å². The lowest BCUT2D eigenvalue weighted by Gasteiger charge is -2.11. The molecule has 1 nitrogen and oxygen atoms in total. The molecule has 0 aliphatic carbocycles. The molecule has 0 aromatic heterocycles. The van der Waals surface area contributed by atoms with Crippen LogP contribution in [0.4, 0.5) is 0 Å². The van der Waals surface area contributed by atoms with Gasteiger partial charge >= 0.3 is 0 Å². The summed E-state index contributed by atoms with van der Waals surface area (Å²) in [6.45, 7) is 0. The van der Waals surface area contributed by atoms with Crippen molar-refractivity contribution >= 4 is 0 Å². The van der Waals surface area contributed by atoms with Crippen molar-refractivity contribution in [3.8, 4) is 61.7 Å². The molecular weight excluding hydrogens is 458 g/mol. The van der Waals surface area contributed by atoms with Crippen molar-refractivity contribution < 1.29 is 0 Å². The van der Waals surface area contributed by atoms with Gasteiger partial charge in [0.1, 0.15) is 0 Å². The van der Waals surface area contributed by atoms with Gasteiger partial charge in [-0.1, -0.05) is 133 Å². The predicted octanol–water partition coefficient (Wildman–Crippen LogP) is 9.89. The maximum atomic E-state index is 9.79. The number of hydrogen-bond acceptors (Lipinski definition) is 1. The fourth-order valence-electron chi connectivity index (χ4n) is 4.90. The van der Waals surface area contributed by atoms with Gasteiger partial charge in [-0.25, -0.2) is 0 Å². The molecule has 6 rings (SSSR count). The van der Waals surface area contributed by atoms with Gasteiger partial charge in [0.15, 0.2) is 0 Å². The second-order valence-electron chi connectivity index (χ2n) is 9.34. The lowest BCUT2D eigenvalue weighted by Crippen LogP contribution is -1.88. The van der Waals surface area contributed by atoms with Crippen molar-refractivity contribution in [2.45, 2.75) is 0 Å². The summed E-state index contributed by atoms with van der Waals surface area (Å²) in [5.41, 5.74) is 12.0. The summed E-state index contributed by atoms with van der Waals surface area (Å²) in [4.78, 5) is 0. The van der Waals surface area contributed by atoms with Gasteiger partial charge in [0.2, 0.25) is 0 Å². The van der Waals surface area contributed by atoms with E-state index in [0.29, 0.717) is 5.56 Å². The molecule has 0 aliphatic heterocycles. The Bertz CT molecular complexity index is 1720. The van der Waals surface area contributed by atoms with E-state index in [1.165, 1.54) is 27.8 Å². The minimum Gasteiger partial charge on any atom is -0.192 e. The monoisotopic (exact) mass is 483 g/mol. The molecule has 0 saturated carbocycles. The SMILES string of the molecule is N#Cc1ccc(-c2ccc(-c3cccc(-c4ccccc4)c3)cc2)cc1-c1ccc(-c2ccccc2)cc1. The van der Waals surface area contributed by atoms with Gasteiger partial charge in [-0.15, -0.1) is 0 Å². The standard InChI is InChI=1S/C37H25N/c38-26-36-23-22-35(25-37(36)32-20-18-29(19-21-32)27-8-3-1-4-9-27)31-16-14-30(15-17-31)34-13-7-12-33(24-34)28-10-5-2-6-11-28/h1-25H. The van der Waals surface area contributed by atoms with E-state index in [1.54, 1.807) is 0 Å². The van der Waals surface area contributed by atoms with Crippen LogP contribution in [0.25, 0.3) is 55.6 Å². The highest BCUT2D eigenvalue weighted by atomic mass is 14.2. The number of nitriles is 1. The molecule has 0 atom stereocenters. The van der Waals surface area contributed by atoms with Gasteiger partial charge in [-0.05, 0) is 68.3 Å². The van der Waals surface area contributed by atoms with Crippen molar-refractivity contribution in [2.75, 3.05) is 0 Å². The highest BCUT2D eigenvalue weighted by molar-refractivity contribution is 5.80. The van der Waals surface area contributed by atoms with Gasteiger partial charge in [0, 0.05) is 5.56 Å². The van der Waals surface area contributed by atoms with Crippen LogP contribution in [-0.4, -0.2) is 0 Å². The molecule has 0 fully saturated rings. The lowest BCUT2D eigenvalue weighted by atomic mass is 9.93. The highest BCUT2D eigenvalue weighted by Crippen LogP contribution is 2.33. The first-order valence-corrected chi connectivity index (χ1v) is 12.7. The van der Waals surface area contributed by atoms with Crippen LogP contribution in [-0.2, 0) is 0 Å². The van der Waals surface area contributed by atoms with Crippen LogP contribution in [0, 0.1) is 11.3 Å². The quantitative estimate of drug-likeness (QED) is 0.239. The molecule has 0 unspecified atom stereocenters. The number of hydrogen-bond donors (Lipinski definition) is 0. The normalized spacial score (nSPS) is 10.6. The Morgan fingerprint density at radius 3 is 1.21 bits per heavy atom. The largest absolute Gasteiger partial charge is 0.192 e. The fraction of sp³-hybridized carbons (Fsp3) is 0. The van der Waals surface area contributed by atoms with E-state index < -0.39 is 0 Å². The Balaban J connectivity index is 1.30. The van der Waals surface area contributed by atoms with Crippen LogP contribution in [0.1, 0.15) is 5.56 Å². The first-order chi connectivity index (χ1) is 18.8. The zero-order valence-electron chi connectivity index (χ0n) is 20.9. The molecule has 0 bridgehead atoms. The summed E-state index contributed by atoms with van der Waals surface area (Å²) >= 11 is 0. The Labute approximate surface area is 223 Å². The third kappa shape index (κ3) is 4.76. The maximum absolute atomic E-state index is 9.79. The zero-order chi connectivity index (χ0) is 25.7. The number of rotatable bonds is 5. The summed E-state index contributed by atoms with van der Waals surface area (Å²) in [6, 6.07) is 55.0. The summed E-state index contributed by atoms with van der Waals surface area (Å²) in [6.07, 6.45) is 0. The van der Waals surface area contributed by atoms with E-state index in [-0.39, 0.29) is 0 Å². The van der Waals surface area contributed by atoms with E-state index in [0.717, 1.165) is 27.8 Å². The topological polar surface area (TPSA) is 23.8 Å². The molecule has 0 aliphatic rings. The van der Waals surface area contributed by atoms with Crippen LogP contribution < -0.4 is 0 Å². The average molecular weight is 484 g/mol. The smallest absolute Gasteiger partial charge is 0.0998 e. The molecule has 0 N–H and O–H groups in total. The van der Waals surface area contributed by atoms with Gasteiger partial charge in [-0.2, -0.15) is 5.26 Å². The molecule has 0 spiro atoms. The molecule has 1 heteroatoms. The zero-order valence-corrected chi connectivity index (χ0v) is 20.9. The number of nitrogens with zero attached hydrogens (tertiary/aromatic N) is 1. The summed E-state index contributed by atoms with van der Waals surface area (Å²) in [7, 11) is 0. The third-order valence-corrected chi connectivity index (χ3v) is 6.96. The van der Waals surface area contributed by atoms with Crippen LogP contribution >= 0.6 is 0 Å². The molecular formula is C37H25N. The average Bonchev–Trinajstić information content (AvgIpc) is 3.02. The Hall–Kier alpha value is -5.19. The highest BCUT2D eigenvalue weighted by Gasteiger charge is 2.09. The van der Waals surface area contributed by atoms with Crippen molar-refractivity contribution in [3.05, 3.63) is 157 Å². The molecule has 38 heavy (non-hydrogen) atoms. The molecule has 0 saturated heterocycles. The van der Waals surface area contributed by atoms with Gasteiger partial charge in [-0.3, -0.25) is 0 Å². The maximum Gasteiger partial charge on any atom is 0.0998 e. The molecule has 178 valence electrons. The van der Waals surface area contributed by atoms with Crippen LogP contribution in [0.2, 0.25) is 0 Å². The molecule has 0 amide bonds. The van der Waals surface area contributed by atoms with E-state index in [2.05, 4.69) is 121 Å². The molecule has 0 radical (unpaired) electrons. The second kappa shape index (κ2) is 10.4. The van der Waals surface area contributed by atoms with Crippen molar-refractivity contribution in [1.29, 1.82) is 5.26 Å². The molecule has 0 heterocycles. The van der Waals surface area contributed by atoms with Crippen LogP contribution in [0.15, 0.2) is 152 Å².